The zero-order chi connectivity index (χ0) is 33.7. The van der Waals surface area contributed by atoms with Crippen molar-refractivity contribution in [3.63, 3.8) is 0 Å². The fourth-order valence-electron chi connectivity index (χ4n) is 3.49. The Hall–Kier alpha value is -2.37. The molecule has 0 aromatic carbocycles. The molecule has 0 aromatic heterocycles. The summed E-state index contributed by atoms with van der Waals surface area (Å²) in [6, 6.07) is 0. The molecule has 0 aliphatic rings. The smallest absolute Gasteiger partial charge is 0.446 e. The van der Waals surface area contributed by atoms with Crippen molar-refractivity contribution in [1.82, 2.24) is 5.32 Å². The van der Waals surface area contributed by atoms with Crippen molar-refractivity contribution in [3.05, 3.63) is 0 Å². The van der Waals surface area contributed by atoms with Gasteiger partial charge in [-0.2, -0.15) is 13.2 Å². The Labute approximate surface area is 257 Å². The van der Waals surface area contributed by atoms with E-state index in [1.165, 1.54) is 0 Å². The van der Waals surface area contributed by atoms with E-state index in [4.69, 9.17) is 24.7 Å². The molecule has 0 rings (SSSR count). The number of alkyl halides is 3. The van der Waals surface area contributed by atoms with Crippen LogP contribution in [0.4, 0.5) is 18.0 Å². The minimum Gasteiger partial charge on any atom is -0.462 e. The SMILES string of the molecule is CCCC(CC)OC(=O)CCCCCN.CCCC(CC)OC(=O)CCCCCNC(=O)OC(C)(C)C.O=CC(F)(F)F. The Morgan fingerprint density at radius 3 is 1.51 bits per heavy atom. The van der Waals surface area contributed by atoms with Gasteiger partial charge < -0.3 is 25.3 Å². The topological polar surface area (TPSA) is 134 Å². The average Bonchev–Trinajstić information content (AvgIpc) is 2.91. The molecule has 256 valence electrons. The van der Waals surface area contributed by atoms with Crippen molar-refractivity contribution < 1.29 is 46.6 Å². The molecule has 0 saturated carbocycles. The van der Waals surface area contributed by atoms with E-state index in [-0.39, 0.29) is 24.1 Å². The maximum Gasteiger partial charge on any atom is 0.446 e. The molecule has 0 saturated heterocycles. The van der Waals surface area contributed by atoms with E-state index >= 15 is 0 Å². The number of aldehydes is 1. The van der Waals surface area contributed by atoms with Crippen LogP contribution in [-0.2, 0) is 28.6 Å². The molecule has 12 heteroatoms. The van der Waals surface area contributed by atoms with E-state index in [1.54, 1.807) is 0 Å². The van der Waals surface area contributed by atoms with Gasteiger partial charge in [0.2, 0.25) is 6.29 Å². The van der Waals surface area contributed by atoms with Gasteiger partial charge in [-0.05, 0) is 78.7 Å². The van der Waals surface area contributed by atoms with Gasteiger partial charge in [0.1, 0.15) is 17.8 Å². The number of hydrogen-bond acceptors (Lipinski definition) is 8. The predicted octanol–water partition coefficient (Wildman–Crippen LogP) is 7.57. The summed E-state index contributed by atoms with van der Waals surface area (Å²) in [6.45, 7) is 15.1. The van der Waals surface area contributed by atoms with Gasteiger partial charge in [0.05, 0.1) is 0 Å². The Balaban J connectivity index is -0.000000654. The molecule has 0 fully saturated rings. The Kier molecular flexibility index (Phi) is 29.8. The number of unbranched alkanes of at least 4 members (excludes halogenated alkanes) is 4. The Morgan fingerprint density at radius 2 is 1.19 bits per heavy atom. The highest BCUT2D eigenvalue weighted by Crippen LogP contribution is 2.11. The minimum absolute atomic E-state index is 0.0488. The molecule has 0 aromatic rings. The highest BCUT2D eigenvalue weighted by atomic mass is 19.4. The fraction of sp³-hybridized carbons (Fsp3) is 0.871. The van der Waals surface area contributed by atoms with Crippen molar-refractivity contribution in [3.8, 4) is 0 Å². The highest BCUT2D eigenvalue weighted by Gasteiger charge is 2.25. The second-order valence-electron chi connectivity index (χ2n) is 11.1. The van der Waals surface area contributed by atoms with Crippen molar-refractivity contribution >= 4 is 24.3 Å². The van der Waals surface area contributed by atoms with Gasteiger partial charge in [0.15, 0.2) is 0 Å². The monoisotopic (exact) mass is 628 g/mol. The molecule has 43 heavy (non-hydrogen) atoms. The maximum absolute atomic E-state index is 11.7. The van der Waals surface area contributed by atoms with Gasteiger partial charge in [-0.15, -0.1) is 0 Å². The summed E-state index contributed by atoms with van der Waals surface area (Å²) in [7, 11) is 0. The van der Waals surface area contributed by atoms with Crippen LogP contribution in [0.25, 0.3) is 0 Å². The van der Waals surface area contributed by atoms with Gasteiger partial charge in [0.25, 0.3) is 0 Å². The predicted molar refractivity (Wildman–Crippen MR) is 163 cm³/mol. The molecule has 0 radical (unpaired) electrons. The number of nitrogens with two attached hydrogens (primary N) is 1. The summed E-state index contributed by atoms with van der Waals surface area (Å²) in [4.78, 5) is 43.2. The number of rotatable bonds is 19. The summed E-state index contributed by atoms with van der Waals surface area (Å²) in [5, 5.41) is 2.71. The van der Waals surface area contributed by atoms with E-state index in [1.807, 2.05) is 27.7 Å². The molecule has 2 unspecified atom stereocenters. The quantitative estimate of drug-likeness (QED) is 0.0647. The number of alkyl carbamates (subject to hydrolysis) is 1. The number of nitrogens with one attached hydrogen (secondary N) is 1. The van der Waals surface area contributed by atoms with Gasteiger partial charge in [-0.1, -0.05) is 53.4 Å². The molecule has 2 atom stereocenters. The molecular formula is C31H59F3N2O7. The zero-order valence-electron chi connectivity index (χ0n) is 27.6. The summed E-state index contributed by atoms with van der Waals surface area (Å²) >= 11 is 0. The number of amides is 1. The second-order valence-corrected chi connectivity index (χ2v) is 11.1. The van der Waals surface area contributed by atoms with Gasteiger partial charge in [-0.3, -0.25) is 14.4 Å². The fourth-order valence-corrected chi connectivity index (χ4v) is 3.49. The van der Waals surface area contributed by atoms with E-state index in [0.717, 1.165) is 77.0 Å². The minimum atomic E-state index is -4.64. The van der Waals surface area contributed by atoms with Gasteiger partial charge >= 0.3 is 24.2 Å². The Bertz CT molecular complexity index is 714. The lowest BCUT2D eigenvalue weighted by Gasteiger charge is -2.19. The summed E-state index contributed by atoms with van der Waals surface area (Å²) < 4.78 is 47.1. The average molecular weight is 629 g/mol. The van der Waals surface area contributed by atoms with Crippen molar-refractivity contribution in [1.29, 1.82) is 0 Å². The lowest BCUT2D eigenvalue weighted by Crippen LogP contribution is -2.33. The summed E-state index contributed by atoms with van der Waals surface area (Å²) in [5.74, 6) is -0.160. The van der Waals surface area contributed by atoms with E-state index in [2.05, 4.69) is 26.1 Å². The van der Waals surface area contributed by atoms with Crippen LogP contribution in [0.2, 0.25) is 0 Å². The van der Waals surface area contributed by atoms with Crippen molar-refractivity contribution in [2.45, 2.75) is 162 Å². The third kappa shape index (κ3) is 37.6. The van der Waals surface area contributed by atoms with Crippen LogP contribution in [0, 0.1) is 0 Å². The largest absolute Gasteiger partial charge is 0.462 e. The molecule has 0 aliphatic carbocycles. The van der Waals surface area contributed by atoms with E-state index < -0.39 is 24.2 Å². The first-order valence-corrected chi connectivity index (χ1v) is 15.7. The van der Waals surface area contributed by atoms with Crippen LogP contribution < -0.4 is 11.1 Å². The summed E-state index contributed by atoms with van der Waals surface area (Å²) in [5.41, 5.74) is 4.90. The zero-order valence-corrected chi connectivity index (χ0v) is 27.6. The molecule has 0 spiro atoms. The summed E-state index contributed by atoms with van der Waals surface area (Å²) in [6.07, 6.45) is 6.32. The first-order valence-electron chi connectivity index (χ1n) is 15.7. The molecule has 0 heterocycles. The van der Waals surface area contributed by atoms with Crippen LogP contribution in [-0.4, -0.2) is 61.4 Å². The van der Waals surface area contributed by atoms with Crippen LogP contribution >= 0.6 is 0 Å². The van der Waals surface area contributed by atoms with E-state index in [9.17, 15) is 27.6 Å². The lowest BCUT2D eigenvalue weighted by molar-refractivity contribution is -0.156. The highest BCUT2D eigenvalue weighted by molar-refractivity contribution is 5.70. The van der Waals surface area contributed by atoms with Crippen LogP contribution in [0.5, 0.6) is 0 Å². The third-order valence-electron chi connectivity index (χ3n) is 5.67. The standard InChI is InChI=1S/C17H33NO4.C12H25NO2.C2HF3O/c1-6-11-14(7-2)21-15(19)12-9-8-10-13-18-16(20)22-17(3,4)5;1-3-8-11(4-2)15-12(14)9-6-5-7-10-13;3-2(4,5)1-6/h14H,6-13H2,1-5H3,(H,18,20);11H,3-10,13H2,1-2H3;1H. The maximum atomic E-state index is 11.7. The number of esters is 2. The normalized spacial score (nSPS) is 12.3. The first-order chi connectivity index (χ1) is 20.1. The number of carbonyl (C=O) groups excluding carboxylic acids is 4. The molecule has 3 N–H and O–H groups in total. The van der Waals surface area contributed by atoms with Crippen LogP contribution in [0.15, 0.2) is 0 Å². The van der Waals surface area contributed by atoms with Gasteiger partial charge in [0, 0.05) is 19.4 Å². The molecule has 9 nitrogen and oxygen atoms in total. The van der Waals surface area contributed by atoms with Crippen molar-refractivity contribution in [2.75, 3.05) is 13.1 Å². The number of carbonyl (C=O) groups is 4. The Morgan fingerprint density at radius 1 is 0.767 bits per heavy atom. The number of hydrogen-bond donors (Lipinski definition) is 2. The number of halogens is 3. The third-order valence-corrected chi connectivity index (χ3v) is 5.67. The lowest BCUT2D eigenvalue weighted by atomic mass is 10.1. The first kappa shape index (κ1) is 45.1. The number of ether oxygens (including phenoxy) is 3. The van der Waals surface area contributed by atoms with Crippen LogP contribution in [0.1, 0.15) is 138 Å². The molecular weight excluding hydrogens is 569 g/mol. The molecule has 0 aliphatic heterocycles. The molecule has 1 amide bonds. The van der Waals surface area contributed by atoms with Crippen molar-refractivity contribution in [2.24, 2.45) is 5.73 Å². The van der Waals surface area contributed by atoms with Crippen LogP contribution in [0.3, 0.4) is 0 Å². The second kappa shape index (κ2) is 28.4. The van der Waals surface area contributed by atoms with Gasteiger partial charge in [-0.25, -0.2) is 4.79 Å². The molecule has 0 bridgehead atoms. The van der Waals surface area contributed by atoms with E-state index in [0.29, 0.717) is 25.9 Å².